The minimum Gasteiger partial charge on any atom is -0.462 e. The van der Waals surface area contributed by atoms with Gasteiger partial charge < -0.3 is 4.74 Å². The van der Waals surface area contributed by atoms with Gasteiger partial charge in [-0.25, -0.2) is 9.18 Å². The second kappa shape index (κ2) is 5.17. The van der Waals surface area contributed by atoms with E-state index in [1.54, 1.807) is 12.1 Å². The summed E-state index contributed by atoms with van der Waals surface area (Å²) < 4.78 is 17.8. The lowest BCUT2D eigenvalue weighted by molar-refractivity contribution is 0.0506. The maximum absolute atomic E-state index is 13.0. The minimum absolute atomic E-state index is 0.0310. The maximum atomic E-state index is 13.0. The molecule has 0 aliphatic heterocycles. The summed E-state index contributed by atoms with van der Waals surface area (Å²) in [5.74, 6) is -1.19. The molecule has 0 aliphatic carbocycles. The summed E-state index contributed by atoms with van der Waals surface area (Å²) in [6.45, 7) is 3.72. The highest BCUT2D eigenvalue weighted by atomic mass is 19.1. The van der Waals surface area contributed by atoms with E-state index in [0.717, 1.165) is 0 Å². The lowest BCUT2D eigenvalue weighted by Gasteiger charge is -2.03. The average Bonchev–Trinajstić information content (AvgIpc) is 2.18. The Morgan fingerprint density at radius 3 is 2.86 bits per heavy atom. The molecule has 0 amide bonds. The van der Waals surface area contributed by atoms with E-state index < -0.39 is 11.8 Å². The molecular formula is C11H11FO2. The van der Waals surface area contributed by atoms with Crippen LogP contribution in [-0.2, 0) is 4.74 Å². The van der Waals surface area contributed by atoms with E-state index in [1.807, 2.05) is 0 Å². The van der Waals surface area contributed by atoms with Gasteiger partial charge in [0.1, 0.15) is 5.82 Å². The summed E-state index contributed by atoms with van der Waals surface area (Å²) >= 11 is 0. The second-order valence-electron chi connectivity index (χ2n) is 2.69. The summed E-state index contributed by atoms with van der Waals surface area (Å²) in [7, 11) is 0. The van der Waals surface area contributed by atoms with Crippen molar-refractivity contribution in [3.8, 4) is 0 Å². The van der Waals surface area contributed by atoms with Gasteiger partial charge in [-0.3, -0.25) is 0 Å². The van der Waals surface area contributed by atoms with Crippen molar-refractivity contribution in [1.29, 1.82) is 0 Å². The standard InChI is InChI=1S/C11H11FO2/c1-2-3-8-14-11(13)9-6-4-5-7-10(9)12/h2,4-7H,1,3,8H2. The lowest BCUT2D eigenvalue weighted by Crippen LogP contribution is -2.07. The van der Waals surface area contributed by atoms with Crippen LogP contribution in [0.4, 0.5) is 4.39 Å². The summed E-state index contributed by atoms with van der Waals surface area (Å²) in [5, 5.41) is 0. The van der Waals surface area contributed by atoms with Crippen LogP contribution in [0.1, 0.15) is 16.8 Å². The molecule has 1 aromatic rings. The second-order valence-corrected chi connectivity index (χ2v) is 2.69. The zero-order valence-corrected chi connectivity index (χ0v) is 7.70. The predicted molar refractivity (Wildman–Crippen MR) is 51.5 cm³/mol. The van der Waals surface area contributed by atoms with Gasteiger partial charge in [0.15, 0.2) is 0 Å². The highest BCUT2D eigenvalue weighted by molar-refractivity contribution is 5.89. The van der Waals surface area contributed by atoms with Crippen LogP contribution >= 0.6 is 0 Å². The van der Waals surface area contributed by atoms with Gasteiger partial charge in [0.25, 0.3) is 0 Å². The van der Waals surface area contributed by atoms with Gasteiger partial charge in [-0.2, -0.15) is 0 Å². The fourth-order valence-electron chi connectivity index (χ4n) is 0.939. The number of halogens is 1. The Balaban J connectivity index is 2.60. The maximum Gasteiger partial charge on any atom is 0.341 e. The van der Waals surface area contributed by atoms with Gasteiger partial charge in [-0.15, -0.1) is 6.58 Å². The third-order valence-corrected chi connectivity index (χ3v) is 1.65. The molecule has 0 unspecified atom stereocenters. The van der Waals surface area contributed by atoms with Crippen LogP contribution in [0.15, 0.2) is 36.9 Å². The quantitative estimate of drug-likeness (QED) is 0.418. The van der Waals surface area contributed by atoms with Crippen molar-refractivity contribution in [3.63, 3.8) is 0 Å². The van der Waals surface area contributed by atoms with Crippen LogP contribution in [0, 0.1) is 5.82 Å². The molecule has 0 heterocycles. The largest absolute Gasteiger partial charge is 0.462 e. The first-order valence-corrected chi connectivity index (χ1v) is 4.28. The first-order chi connectivity index (χ1) is 6.75. The number of rotatable bonds is 4. The Bertz CT molecular complexity index is 334. The van der Waals surface area contributed by atoms with Gasteiger partial charge in [-0.1, -0.05) is 18.2 Å². The van der Waals surface area contributed by atoms with Crippen molar-refractivity contribution in [2.45, 2.75) is 6.42 Å². The molecule has 3 heteroatoms. The van der Waals surface area contributed by atoms with Gasteiger partial charge in [0.2, 0.25) is 0 Å². The molecule has 0 bridgehead atoms. The number of ether oxygens (including phenoxy) is 1. The van der Waals surface area contributed by atoms with Crippen molar-refractivity contribution < 1.29 is 13.9 Å². The third kappa shape index (κ3) is 2.69. The summed E-state index contributed by atoms with van der Waals surface area (Å²) in [6, 6.07) is 5.73. The molecule has 0 fully saturated rings. The van der Waals surface area contributed by atoms with Gasteiger partial charge in [-0.05, 0) is 18.6 Å². The molecule has 74 valence electrons. The van der Waals surface area contributed by atoms with E-state index >= 15 is 0 Å². The van der Waals surface area contributed by atoms with E-state index in [2.05, 4.69) is 6.58 Å². The summed E-state index contributed by atoms with van der Waals surface area (Å²) in [4.78, 5) is 11.2. The molecule has 0 aliphatic rings. The van der Waals surface area contributed by atoms with Gasteiger partial charge in [0.05, 0.1) is 12.2 Å². The predicted octanol–water partition coefficient (Wildman–Crippen LogP) is 2.56. The number of esters is 1. The van der Waals surface area contributed by atoms with Crippen LogP contribution in [0.2, 0.25) is 0 Å². The molecule has 0 atom stereocenters. The molecule has 0 spiro atoms. The first kappa shape index (κ1) is 10.4. The van der Waals surface area contributed by atoms with E-state index in [1.165, 1.54) is 18.2 Å². The Morgan fingerprint density at radius 1 is 1.50 bits per heavy atom. The first-order valence-electron chi connectivity index (χ1n) is 4.28. The Kier molecular flexibility index (Phi) is 3.85. The van der Waals surface area contributed by atoms with Crippen molar-refractivity contribution in [2.24, 2.45) is 0 Å². The number of hydrogen-bond acceptors (Lipinski definition) is 2. The van der Waals surface area contributed by atoms with Crippen LogP contribution < -0.4 is 0 Å². The number of carbonyl (C=O) groups excluding carboxylic acids is 1. The van der Waals surface area contributed by atoms with Crippen LogP contribution in [-0.4, -0.2) is 12.6 Å². The third-order valence-electron chi connectivity index (χ3n) is 1.65. The Labute approximate surface area is 82.0 Å². The zero-order valence-electron chi connectivity index (χ0n) is 7.70. The lowest BCUT2D eigenvalue weighted by atomic mass is 10.2. The molecule has 0 saturated heterocycles. The highest BCUT2D eigenvalue weighted by Gasteiger charge is 2.10. The summed E-state index contributed by atoms with van der Waals surface area (Å²) in [5.41, 5.74) is -0.0310. The summed E-state index contributed by atoms with van der Waals surface area (Å²) in [6.07, 6.45) is 2.20. The van der Waals surface area contributed by atoms with Crippen LogP contribution in [0.25, 0.3) is 0 Å². The van der Waals surface area contributed by atoms with E-state index in [0.29, 0.717) is 6.42 Å². The highest BCUT2D eigenvalue weighted by Crippen LogP contribution is 2.07. The van der Waals surface area contributed by atoms with Crippen molar-refractivity contribution in [3.05, 3.63) is 48.3 Å². The molecule has 0 N–H and O–H groups in total. The average molecular weight is 194 g/mol. The van der Waals surface area contributed by atoms with Crippen LogP contribution in [0.3, 0.4) is 0 Å². The Morgan fingerprint density at radius 2 is 2.21 bits per heavy atom. The molecular weight excluding hydrogens is 183 g/mol. The monoisotopic (exact) mass is 194 g/mol. The Hall–Kier alpha value is -1.64. The fourth-order valence-corrected chi connectivity index (χ4v) is 0.939. The van der Waals surface area contributed by atoms with Gasteiger partial charge in [0, 0.05) is 0 Å². The molecule has 0 radical (unpaired) electrons. The molecule has 14 heavy (non-hydrogen) atoms. The SMILES string of the molecule is C=CCCOC(=O)c1ccccc1F. The molecule has 1 aromatic carbocycles. The number of hydrogen-bond donors (Lipinski definition) is 0. The van der Waals surface area contributed by atoms with Crippen molar-refractivity contribution >= 4 is 5.97 Å². The zero-order chi connectivity index (χ0) is 10.4. The number of carbonyl (C=O) groups is 1. The normalized spacial score (nSPS) is 9.50. The number of benzene rings is 1. The fraction of sp³-hybridized carbons (Fsp3) is 0.182. The van der Waals surface area contributed by atoms with E-state index in [9.17, 15) is 9.18 Å². The van der Waals surface area contributed by atoms with E-state index in [-0.39, 0.29) is 12.2 Å². The minimum atomic E-state index is -0.634. The van der Waals surface area contributed by atoms with Crippen molar-refractivity contribution in [1.82, 2.24) is 0 Å². The van der Waals surface area contributed by atoms with Crippen molar-refractivity contribution in [2.75, 3.05) is 6.61 Å². The molecule has 0 saturated carbocycles. The van der Waals surface area contributed by atoms with Gasteiger partial charge >= 0.3 is 5.97 Å². The topological polar surface area (TPSA) is 26.3 Å². The molecule has 1 rings (SSSR count). The van der Waals surface area contributed by atoms with Crippen LogP contribution in [0.5, 0.6) is 0 Å². The molecule has 0 aromatic heterocycles. The smallest absolute Gasteiger partial charge is 0.341 e. The molecule has 2 nitrogen and oxygen atoms in total. The van der Waals surface area contributed by atoms with E-state index in [4.69, 9.17) is 4.74 Å².